The van der Waals surface area contributed by atoms with Crippen LogP contribution in [0.5, 0.6) is 0 Å². The lowest BCUT2D eigenvalue weighted by Gasteiger charge is -2.36. The summed E-state index contributed by atoms with van der Waals surface area (Å²) in [5.74, 6) is -1.07. The second kappa shape index (κ2) is 7.05. The summed E-state index contributed by atoms with van der Waals surface area (Å²) in [6, 6.07) is 5.70. The van der Waals surface area contributed by atoms with Crippen molar-refractivity contribution in [2.45, 2.75) is 44.7 Å². The Labute approximate surface area is 152 Å². The van der Waals surface area contributed by atoms with E-state index in [1.54, 1.807) is 18.2 Å². The molecular formula is C19H24FN3O3. The van der Waals surface area contributed by atoms with Crippen LogP contribution in [0.1, 0.15) is 38.2 Å². The third-order valence-corrected chi connectivity index (χ3v) is 5.59. The van der Waals surface area contributed by atoms with E-state index in [-0.39, 0.29) is 24.9 Å². The molecular weight excluding hydrogens is 337 g/mol. The van der Waals surface area contributed by atoms with Gasteiger partial charge in [0.05, 0.1) is 0 Å². The predicted molar refractivity (Wildman–Crippen MR) is 93.5 cm³/mol. The van der Waals surface area contributed by atoms with Gasteiger partial charge in [0.2, 0.25) is 5.91 Å². The number of likely N-dealkylation sites (N-methyl/N-ethyl adjacent to an activating group) is 1. The standard InChI is InChI=1S/C19H24FN3O3/c1-13-7-5-6-10-19(13)17(25)23(18(26)21-19)12-16(24)22(2)11-14-8-3-4-9-15(14)20/h3-4,8-9,13H,5-7,10-12H2,1-2H3,(H,21,26)/t13-,19-/m0/s1. The molecule has 0 radical (unpaired) electrons. The predicted octanol–water partition coefficient (Wildman–Crippen LogP) is 2.28. The molecule has 1 saturated carbocycles. The molecule has 1 aromatic carbocycles. The Balaban J connectivity index is 1.68. The summed E-state index contributed by atoms with van der Waals surface area (Å²) in [6.07, 6.45) is 3.40. The van der Waals surface area contributed by atoms with E-state index in [1.165, 1.54) is 18.0 Å². The summed E-state index contributed by atoms with van der Waals surface area (Å²) in [5, 5.41) is 2.83. The fourth-order valence-corrected chi connectivity index (χ4v) is 3.87. The largest absolute Gasteiger partial charge is 0.340 e. The van der Waals surface area contributed by atoms with Crippen LogP contribution in [-0.4, -0.2) is 46.8 Å². The molecule has 2 aliphatic rings. The Bertz CT molecular complexity index is 738. The molecule has 2 atom stereocenters. The van der Waals surface area contributed by atoms with Gasteiger partial charge < -0.3 is 10.2 Å². The summed E-state index contributed by atoms with van der Waals surface area (Å²) in [4.78, 5) is 40.0. The van der Waals surface area contributed by atoms with Crippen molar-refractivity contribution >= 4 is 17.8 Å². The lowest BCUT2D eigenvalue weighted by atomic mass is 9.73. The molecule has 4 amide bonds. The van der Waals surface area contributed by atoms with Crippen LogP contribution in [0.15, 0.2) is 24.3 Å². The zero-order valence-corrected chi connectivity index (χ0v) is 15.1. The van der Waals surface area contributed by atoms with Gasteiger partial charge in [-0.05, 0) is 24.8 Å². The van der Waals surface area contributed by atoms with Gasteiger partial charge in [-0.3, -0.25) is 14.5 Å². The zero-order chi connectivity index (χ0) is 18.9. The van der Waals surface area contributed by atoms with Crippen molar-refractivity contribution in [2.24, 2.45) is 5.92 Å². The first kappa shape index (κ1) is 18.4. The van der Waals surface area contributed by atoms with Crippen molar-refractivity contribution in [3.8, 4) is 0 Å². The summed E-state index contributed by atoms with van der Waals surface area (Å²) < 4.78 is 13.8. The fourth-order valence-electron chi connectivity index (χ4n) is 3.87. The molecule has 1 spiro atoms. The van der Waals surface area contributed by atoms with Crippen molar-refractivity contribution in [1.29, 1.82) is 0 Å². The maximum absolute atomic E-state index is 13.8. The number of carbonyl (C=O) groups is 3. The number of rotatable bonds is 4. The van der Waals surface area contributed by atoms with Gasteiger partial charge in [0.25, 0.3) is 5.91 Å². The van der Waals surface area contributed by atoms with Crippen molar-refractivity contribution in [1.82, 2.24) is 15.1 Å². The number of carbonyl (C=O) groups excluding carboxylic acids is 3. The molecule has 0 unspecified atom stereocenters. The van der Waals surface area contributed by atoms with Crippen LogP contribution < -0.4 is 5.32 Å². The maximum Gasteiger partial charge on any atom is 0.325 e. The van der Waals surface area contributed by atoms with Crippen LogP contribution in [0.2, 0.25) is 0 Å². The highest BCUT2D eigenvalue weighted by atomic mass is 19.1. The summed E-state index contributed by atoms with van der Waals surface area (Å²) >= 11 is 0. The van der Waals surface area contributed by atoms with E-state index in [4.69, 9.17) is 0 Å². The van der Waals surface area contributed by atoms with E-state index in [2.05, 4.69) is 5.32 Å². The van der Waals surface area contributed by atoms with E-state index in [9.17, 15) is 18.8 Å². The Morgan fingerprint density at radius 1 is 1.35 bits per heavy atom. The second-order valence-electron chi connectivity index (χ2n) is 7.28. The SMILES string of the molecule is C[C@H]1CCCC[C@]12NC(=O)N(CC(=O)N(C)Cc1ccccc1F)C2=O. The first-order chi connectivity index (χ1) is 12.3. The van der Waals surface area contributed by atoms with Crippen molar-refractivity contribution < 1.29 is 18.8 Å². The minimum absolute atomic E-state index is 0.0453. The van der Waals surface area contributed by atoms with E-state index in [1.807, 2.05) is 6.92 Å². The lowest BCUT2D eigenvalue weighted by Crippen LogP contribution is -2.54. The fraction of sp³-hybridized carbons (Fsp3) is 0.526. The molecule has 140 valence electrons. The normalized spacial score (nSPS) is 25.5. The van der Waals surface area contributed by atoms with Gasteiger partial charge in [-0.1, -0.05) is 38.0 Å². The summed E-state index contributed by atoms with van der Waals surface area (Å²) in [5.41, 5.74) is -0.488. The Morgan fingerprint density at radius 3 is 2.77 bits per heavy atom. The third-order valence-electron chi connectivity index (χ3n) is 5.59. The first-order valence-electron chi connectivity index (χ1n) is 8.96. The topological polar surface area (TPSA) is 69.7 Å². The van der Waals surface area contributed by atoms with E-state index in [0.29, 0.717) is 12.0 Å². The smallest absolute Gasteiger partial charge is 0.325 e. The van der Waals surface area contributed by atoms with Crippen molar-refractivity contribution in [2.75, 3.05) is 13.6 Å². The van der Waals surface area contributed by atoms with Gasteiger partial charge in [-0.2, -0.15) is 0 Å². The monoisotopic (exact) mass is 361 g/mol. The highest BCUT2D eigenvalue weighted by molar-refractivity contribution is 6.09. The van der Waals surface area contributed by atoms with Gasteiger partial charge in [-0.15, -0.1) is 0 Å². The minimum atomic E-state index is -0.875. The Morgan fingerprint density at radius 2 is 2.08 bits per heavy atom. The van der Waals surface area contributed by atoms with Gasteiger partial charge in [0, 0.05) is 19.2 Å². The number of amides is 4. The Hall–Kier alpha value is -2.44. The van der Waals surface area contributed by atoms with Crippen LogP contribution in [0, 0.1) is 11.7 Å². The molecule has 3 rings (SSSR count). The van der Waals surface area contributed by atoms with Crippen LogP contribution in [-0.2, 0) is 16.1 Å². The molecule has 0 aromatic heterocycles. The van der Waals surface area contributed by atoms with E-state index in [0.717, 1.165) is 24.2 Å². The number of nitrogens with one attached hydrogen (secondary N) is 1. The molecule has 6 nitrogen and oxygen atoms in total. The summed E-state index contributed by atoms with van der Waals surface area (Å²) in [6.45, 7) is 1.72. The van der Waals surface area contributed by atoms with Gasteiger partial charge in [0.15, 0.2) is 0 Å². The van der Waals surface area contributed by atoms with Crippen molar-refractivity contribution in [3.05, 3.63) is 35.6 Å². The second-order valence-corrected chi connectivity index (χ2v) is 7.28. The van der Waals surface area contributed by atoms with E-state index >= 15 is 0 Å². The first-order valence-corrected chi connectivity index (χ1v) is 8.96. The molecule has 1 heterocycles. The lowest BCUT2D eigenvalue weighted by molar-refractivity contribution is -0.140. The molecule has 1 saturated heterocycles. The molecule has 1 N–H and O–H groups in total. The molecule has 26 heavy (non-hydrogen) atoms. The van der Waals surface area contributed by atoms with Gasteiger partial charge >= 0.3 is 6.03 Å². The van der Waals surface area contributed by atoms with Crippen LogP contribution in [0.25, 0.3) is 0 Å². The van der Waals surface area contributed by atoms with Gasteiger partial charge in [-0.25, -0.2) is 9.18 Å². The zero-order valence-electron chi connectivity index (χ0n) is 15.1. The molecule has 2 fully saturated rings. The minimum Gasteiger partial charge on any atom is -0.340 e. The molecule has 0 bridgehead atoms. The maximum atomic E-state index is 13.8. The third kappa shape index (κ3) is 3.18. The molecule has 1 aliphatic carbocycles. The van der Waals surface area contributed by atoms with E-state index < -0.39 is 23.3 Å². The highest BCUT2D eigenvalue weighted by Crippen LogP contribution is 2.38. The van der Waals surface area contributed by atoms with Crippen LogP contribution >= 0.6 is 0 Å². The number of imide groups is 1. The number of hydrogen-bond donors (Lipinski definition) is 1. The van der Waals surface area contributed by atoms with Gasteiger partial charge in [0.1, 0.15) is 17.9 Å². The number of benzene rings is 1. The van der Waals surface area contributed by atoms with Crippen molar-refractivity contribution in [3.63, 3.8) is 0 Å². The Kier molecular flexibility index (Phi) is 4.98. The molecule has 1 aliphatic heterocycles. The number of halogens is 1. The highest BCUT2D eigenvalue weighted by Gasteiger charge is 2.55. The summed E-state index contributed by atoms with van der Waals surface area (Å²) in [7, 11) is 1.53. The number of nitrogens with zero attached hydrogens (tertiary/aromatic N) is 2. The van der Waals surface area contributed by atoms with Crippen LogP contribution in [0.3, 0.4) is 0 Å². The molecule has 1 aromatic rings. The average molecular weight is 361 g/mol. The van der Waals surface area contributed by atoms with Crippen LogP contribution in [0.4, 0.5) is 9.18 Å². The average Bonchev–Trinajstić information content (AvgIpc) is 2.84. The quantitative estimate of drug-likeness (QED) is 0.837. The molecule has 7 heteroatoms. The number of hydrogen-bond acceptors (Lipinski definition) is 3. The number of urea groups is 1.